The second-order valence-corrected chi connectivity index (χ2v) is 5.17. The van der Waals surface area contributed by atoms with Gasteiger partial charge in [-0.1, -0.05) is 33.2 Å². The molecule has 0 saturated carbocycles. The highest BCUT2D eigenvalue weighted by Crippen LogP contribution is 2.27. The second-order valence-electron chi connectivity index (χ2n) is 4.25. The highest BCUT2D eigenvalue weighted by atomic mass is 79.9. The van der Waals surface area contributed by atoms with Gasteiger partial charge in [0, 0.05) is 11.5 Å². The third-order valence-corrected chi connectivity index (χ3v) is 3.34. The second kappa shape index (κ2) is 7.61. The van der Waals surface area contributed by atoms with Crippen molar-refractivity contribution in [3.8, 4) is 11.5 Å². The molecule has 0 fully saturated rings. The van der Waals surface area contributed by atoms with Crippen LogP contribution in [0, 0.1) is 0 Å². The van der Waals surface area contributed by atoms with E-state index >= 15 is 0 Å². The summed E-state index contributed by atoms with van der Waals surface area (Å²) in [5.74, 6) is 0.822. The van der Waals surface area contributed by atoms with Crippen LogP contribution in [0.25, 0.3) is 0 Å². The number of benzene rings is 2. The van der Waals surface area contributed by atoms with E-state index in [1.54, 1.807) is 18.2 Å². The van der Waals surface area contributed by atoms with Gasteiger partial charge in [-0.15, -0.1) is 0 Å². The molecule has 0 aliphatic heterocycles. The summed E-state index contributed by atoms with van der Waals surface area (Å²) in [4.78, 5) is 16.7. The average Bonchev–Trinajstić information content (AvgIpc) is 2.55. The van der Waals surface area contributed by atoms with Crippen molar-refractivity contribution in [2.75, 3.05) is 14.2 Å². The Kier molecular flexibility index (Phi) is 5.55. The lowest BCUT2D eigenvalue weighted by molar-refractivity contribution is -0.114. The molecule has 5 nitrogen and oxygen atoms in total. The van der Waals surface area contributed by atoms with Crippen molar-refractivity contribution in [1.29, 1.82) is 0 Å². The summed E-state index contributed by atoms with van der Waals surface area (Å²) >= 11 is 3.37. The van der Waals surface area contributed by atoms with Gasteiger partial charge < -0.3 is 14.9 Å². The van der Waals surface area contributed by atoms with Crippen molar-refractivity contribution in [2.24, 2.45) is 5.16 Å². The zero-order valence-corrected chi connectivity index (χ0v) is 13.8. The minimum absolute atomic E-state index is 0.151. The van der Waals surface area contributed by atoms with E-state index < -0.39 is 0 Å². The SMILES string of the molecule is CNC(=O)C(=NOC)c1ccccc1Oc1ccc(Br)cc1. The van der Waals surface area contributed by atoms with Crippen LogP contribution >= 0.6 is 15.9 Å². The standard InChI is InChI=1S/C16H15BrN2O3/c1-18-16(20)15(19-21-2)13-5-3-4-6-14(13)22-12-9-7-11(17)8-10-12/h3-10H,1-2H3,(H,18,20). The Morgan fingerprint density at radius 2 is 1.82 bits per heavy atom. The lowest BCUT2D eigenvalue weighted by atomic mass is 10.1. The lowest BCUT2D eigenvalue weighted by Crippen LogP contribution is -2.28. The zero-order chi connectivity index (χ0) is 15.9. The fourth-order valence-electron chi connectivity index (χ4n) is 1.80. The van der Waals surface area contributed by atoms with Gasteiger partial charge in [-0.25, -0.2) is 0 Å². The Hall–Kier alpha value is -2.34. The molecule has 2 rings (SSSR count). The van der Waals surface area contributed by atoms with Gasteiger partial charge in [0.25, 0.3) is 5.91 Å². The first-order valence-corrected chi connectivity index (χ1v) is 7.31. The summed E-state index contributed by atoms with van der Waals surface area (Å²) in [6, 6.07) is 14.6. The average molecular weight is 363 g/mol. The zero-order valence-electron chi connectivity index (χ0n) is 12.2. The first-order chi connectivity index (χ1) is 10.7. The van der Waals surface area contributed by atoms with Crippen LogP contribution < -0.4 is 10.1 Å². The maximum Gasteiger partial charge on any atom is 0.273 e. The van der Waals surface area contributed by atoms with E-state index in [2.05, 4.69) is 26.4 Å². The van der Waals surface area contributed by atoms with Crippen molar-refractivity contribution >= 4 is 27.5 Å². The van der Waals surface area contributed by atoms with Crippen LogP contribution in [0.5, 0.6) is 11.5 Å². The van der Waals surface area contributed by atoms with Crippen LogP contribution in [0.1, 0.15) is 5.56 Å². The number of ether oxygens (including phenoxy) is 1. The van der Waals surface area contributed by atoms with Gasteiger partial charge in [-0.2, -0.15) is 0 Å². The number of rotatable bonds is 5. The Bertz CT molecular complexity index is 684. The van der Waals surface area contributed by atoms with Gasteiger partial charge in [0.2, 0.25) is 0 Å². The molecule has 0 radical (unpaired) electrons. The molecule has 6 heteroatoms. The highest BCUT2D eigenvalue weighted by molar-refractivity contribution is 9.10. The molecule has 0 heterocycles. The number of likely N-dealkylation sites (N-methyl/N-ethyl adjacent to an activating group) is 1. The number of para-hydroxylation sites is 1. The normalized spacial score (nSPS) is 11.0. The summed E-state index contributed by atoms with van der Waals surface area (Å²) in [6.45, 7) is 0. The van der Waals surface area contributed by atoms with Crippen molar-refractivity contribution < 1.29 is 14.4 Å². The summed E-state index contributed by atoms with van der Waals surface area (Å²) in [7, 11) is 2.92. The quantitative estimate of drug-likeness (QED) is 0.655. The molecule has 0 aliphatic rings. The van der Waals surface area contributed by atoms with Crippen LogP contribution in [-0.4, -0.2) is 25.8 Å². The van der Waals surface area contributed by atoms with Crippen LogP contribution in [0.3, 0.4) is 0 Å². The number of carbonyl (C=O) groups is 1. The molecule has 1 N–H and O–H groups in total. The highest BCUT2D eigenvalue weighted by Gasteiger charge is 2.18. The van der Waals surface area contributed by atoms with Crippen molar-refractivity contribution in [2.45, 2.75) is 0 Å². The molecular weight excluding hydrogens is 348 g/mol. The van der Waals surface area contributed by atoms with Crippen LogP contribution in [0.2, 0.25) is 0 Å². The van der Waals surface area contributed by atoms with Crippen molar-refractivity contribution in [3.05, 3.63) is 58.6 Å². The minimum Gasteiger partial charge on any atom is -0.457 e. The Morgan fingerprint density at radius 3 is 2.45 bits per heavy atom. The van der Waals surface area contributed by atoms with E-state index in [0.717, 1.165) is 4.47 Å². The molecular formula is C16H15BrN2O3. The molecule has 0 saturated heterocycles. The number of hydrogen-bond acceptors (Lipinski definition) is 4. The third kappa shape index (κ3) is 3.85. The fourth-order valence-corrected chi connectivity index (χ4v) is 2.07. The number of nitrogens with zero attached hydrogens (tertiary/aromatic N) is 1. The molecule has 2 aromatic rings. The number of oxime groups is 1. The smallest absolute Gasteiger partial charge is 0.273 e. The van der Waals surface area contributed by atoms with Gasteiger partial charge in [-0.05, 0) is 36.4 Å². The number of halogens is 1. The summed E-state index contributed by atoms with van der Waals surface area (Å²) in [5.41, 5.74) is 0.698. The largest absolute Gasteiger partial charge is 0.457 e. The molecule has 0 unspecified atom stereocenters. The van der Waals surface area contributed by atoms with Gasteiger partial charge in [0.15, 0.2) is 5.71 Å². The number of nitrogens with one attached hydrogen (secondary N) is 1. The van der Waals surface area contributed by atoms with Crippen molar-refractivity contribution in [3.63, 3.8) is 0 Å². The molecule has 1 amide bonds. The molecule has 2 aromatic carbocycles. The predicted octanol–water partition coefficient (Wildman–Crippen LogP) is 3.34. The van der Waals surface area contributed by atoms with E-state index in [9.17, 15) is 4.79 Å². The van der Waals surface area contributed by atoms with Crippen LogP contribution in [0.4, 0.5) is 0 Å². The molecule has 22 heavy (non-hydrogen) atoms. The number of carbonyl (C=O) groups excluding carboxylic acids is 1. The van der Waals surface area contributed by atoms with Gasteiger partial charge in [0.1, 0.15) is 18.6 Å². The molecule has 0 bridgehead atoms. The van der Waals surface area contributed by atoms with Crippen molar-refractivity contribution in [1.82, 2.24) is 5.32 Å². The van der Waals surface area contributed by atoms with Gasteiger partial charge in [-0.3, -0.25) is 4.79 Å². The molecule has 114 valence electrons. The fraction of sp³-hybridized carbons (Fsp3) is 0.125. The topological polar surface area (TPSA) is 59.9 Å². The molecule has 0 aliphatic carbocycles. The van der Waals surface area contributed by atoms with E-state index in [1.807, 2.05) is 30.3 Å². The molecule has 0 aromatic heterocycles. The minimum atomic E-state index is -0.353. The van der Waals surface area contributed by atoms with Crippen LogP contribution in [0.15, 0.2) is 58.2 Å². The first-order valence-electron chi connectivity index (χ1n) is 6.51. The third-order valence-electron chi connectivity index (χ3n) is 2.81. The maximum absolute atomic E-state index is 12.0. The van der Waals surface area contributed by atoms with E-state index in [0.29, 0.717) is 17.1 Å². The Labute approximate surface area is 137 Å². The summed E-state index contributed by atoms with van der Waals surface area (Å²) in [5, 5.41) is 6.33. The van der Waals surface area contributed by atoms with Gasteiger partial charge >= 0.3 is 0 Å². The van der Waals surface area contributed by atoms with E-state index in [1.165, 1.54) is 14.2 Å². The molecule has 0 atom stereocenters. The van der Waals surface area contributed by atoms with E-state index in [4.69, 9.17) is 9.57 Å². The maximum atomic E-state index is 12.0. The molecule has 0 spiro atoms. The Balaban J connectivity index is 2.39. The van der Waals surface area contributed by atoms with E-state index in [-0.39, 0.29) is 11.6 Å². The first kappa shape index (κ1) is 16.0. The van der Waals surface area contributed by atoms with Gasteiger partial charge in [0.05, 0.1) is 5.56 Å². The lowest BCUT2D eigenvalue weighted by Gasteiger charge is -2.12. The summed E-state index contributed by atoms with van der Waals surface area (Å²) < 4.78 is 6.81. The number of amides is 1. The monoisotopic (exact) mass is 362 g/mol. The number of hydrogen-bond donors (Lipinski definition) is 1. The Morgan fingerprint density at radius 1 is 1.14 bits per heavy atom. The van der Waals surface area contributed by atoms with Crippen LogP contribution in [-0.2, 0) is 9.63 Å². The summed E-state index contributed by atoms with van der Waals surface area (Å²) in [6.07, 6.45) is 0. The predicted molar refractivity (Wildman–Crippen MR) is 88.3 cm³/mol.